The maximum atomic E-state index is 3.81. The van der Waals surface area contributed by atoms with Crippen LogP contribution >= 0.6 is 0 Å². The third kappa shape index (κ3) is 7.49. The molecule has 0 fully saturated rings. The minimum Gasteiger partial charge on any atom is -0.354 e. The Morgan fingerprint density at radius 3 is 1.64 bits per heavy atom. The second-order valence-electron chi connectivity index (χ2n) is 16.0. The molecule has 0 bridgehead atoms. The van der Waals surface area contributed by atoms with Crippen LogP contribution < -0.4 is 4.90 Å². The SMILES string of the molecule is CCCCCCCCC1(CCCCCCCC)c2cc(-c3cccc4c3[nH]c3ccccc34)ccc2-c2ccc(N(c3ccccc3)c3ccccc3)cc21. The largest absolute Gasteiger partial charge is 0.354 e. The summed E-state index contributed by atoms with van der Waals surface area (Å²) in [6.45, 7) is 4.64. The fourth-order valence-corrected chi connectivity index (χ4v) is 9.58. The van der Waals surface area contributed by atoms with Crippen LogP contribution in [0.25, 0.3) is 44.1 Å². The number of para-hydroxylation sites is 4. The van der Waals surface area contributed by atoms with Crippen molar-refractivity contribution in [2.45, 2.75) is 109 Å². The van der Waals surface area contributed by atoms with Crippen molar-refractivity contribution in [1.82, 2.24) is 4.98 Å². The number of nitrogens with zero attached hydrogens (tertiary/aromatic N) is 1. The number of rotatable bonds is 18. The molecule has 2 heteroatoms. The number of aromatic amines is 1. The first-order chi connectivity index (χ1) is 27.2. The quantitative estimate of drug-likeness (QED) is 0.0874. The number of hydrogen-bond acceptors (Lipinski definition) is 1. The van der Waals surface area contributed by atoms with Crippen molar-refractivity contribution in [2.75, 3.05) is 4.90 Å². The summed E-state index contributed by atoms with van der Waals surface area (Å²) in [4.78, 5) is 6.26. The normalized spacial score (nSPS) is 13.0. The van der Waals surface area contributed by atoms with Gasteiger partial charge in [-0.25, -0.2) is 0 Å². The van der Waals surface area contributed by atoms with E-state index in [1.165, 1.54) is 157 Å². The Morgan fingerprint density at radius 2 is 0.982 bits per heavy atom. The van der Waals surface area contributed by atoms with Crippen LogP contribution in [0.3, 0.4) is 0 Å². The molecule has 0 radical (unpaired) electrons. The van der Waals surface area contributed by atoms with Gasteiger partial charge in [-0.05, 0) is 89.2 Å². The smallest absolute Gasteiger partial charge is 0.0544 e. The van der Waals surface area contributed by atoms with Crippen molar-refractivity contribution in [3.05, 3.63) is 151 Å². The van der Waals surface area contributed by atoms with Gasteiger partial charge in [-0.2, -0.15) is 0 Å². The predicted molar refractivity (Wildman–Crippen MR) is 238 cm³/mol. The first-order valence-corrected chi connectivity index (χ1v) is 21.4. The summed E-state index contributed by atoms with van der Waals surface area (Å²) in [5.41, 5.74) is 14.5. The zero-order valence-corrected chi connectivity index (χ0v) is 33.1. The van der Waals surface area contributed by atoms with E-state index in [0.717, 1.165) is 0 Å². The van der Waals surface area contributed by atoms with Crippen LogP contribution in [0.4, 0.5) is 17.1 Å². The Balaban J connectivity index is 1.27. The van der Waals surface area contributed by atoms with Gasteiger partial charge in [0.1, 0.15) is 0 Å². The summed E-state index contributed by atoms with van der Waals surface area (Å²) in [5.74, 6) is 0. The van der Waals surface area contributed by atoms with Crippen LogP contribution in [-0.4, -0.2) is 4.98 Å². The van der Waals surface area contributed by atoms with Crippen molar-refractivity contribution in [1.29, 1.82) is 0 Å². The van der Waals surface area contributed by atoms with E-state index in [-0.39, 0.29) is 5.41 Å². The molecule has 0 amide bonds. The molecule has 1 N–H and O–H groups in total. The molecule has 1 heterocycles. The van der Waals surface area contributed by atoms with Crippen molar-refractivity contribution in [3.63, 3.8) is 0 Å². The summed E-state index contributed by atoms with van der Waals surface area (Å²) in [6.07, 6.45) is 18.1. The molecule has 2 nitrogen and oxygen atoms in total. The number of benzene rings is 6. The number of aromatic nitrogens is 1. The number of nitrogens with one attached hydrogen (secondary N) is 1. The van der Waals surface area contributed by atoms with E-state index in [4.69, 9.17) is 0 Å². The molecule has 1 aromatic heterocycles. The van der Waals surface area contributed by atoms with Gasteiger partial charge in [0.2, 0.25) is 0 Å². The molecule has 1 aliphatic rings. The molecule has 1 aliphatic carbocycles. The average Bonchev–Trinajstić information content (AvgIpc) is 3.74. The van der Waals surface area contributed by atoms with E-state index in [2.05, 4.69) is 163 Å². The first kappa shape index (κ1) is 36.9. The summed E-state index contributed by atoms with van der Waals surface area (Å²) in [7, 11) is 0. The average molecular weight is 723 g/mol. The fraction of sp³-hybridized carbons (Fsp3) is 0.321. The van der Waals surface area contributed by atoms with Gasteiger partial charge in [0.25, 0.3) is 0 Å². The lowest BCUT2D eigenvalue weighted by Gasteiger charge is -2.34. The molecule has 0 spiro atoms. The van der Waals surface area contributed by atoms with E-state index >= 15 is 0 Å². The number of fused-ring (bicyclic) bond motifs is 6. The summed E-state index contributed by atoms with van der Waals surface area (Å²) >= 11 is 0. The molecule has 55 heavy (non-hydrogen) atoms. The Bertz CT molecular complexity index is 2260. The van der Waals surface area contributed by atoms with Crippen LogP contribution in [0.15, 0.2) is 140 Å². The van der Waals surface area contributed by atoms with Crippen molar-refractivity contribution in [2.24, 2.45) is 0 Å². The van der Waals surface area contributed by atoms with E-state index < -0.39 is 0 Å². The monoisotopic (exact) mass is 722 g/mol. The number of unbranched alkanes of at least 4 members (excludes halogenated alkanes) is 10. The second-order valence-corrected chi connectivity index (χ2v) is 16.0. The molecule has 0 atom stereocenters. The summed E-state index contributed by atoms with van der Waals surface area (Å²) in [6, 6.07) is 52.3. The van der Waals surface area contributed by atoms with Crippen LogP contribution in [-0.2, 0) is 5.41 Å². The highest BCUT2D eigenvalue weighted by Gasteiger charge is 2.43. The molecule has 0 saturated carbocycles. The van der Waals surface area contributed by atoms with Crippen molar-refractivity contribution < 1.29 is 0 Å². The van der Waals surface area contributed by atoms with Crippen LogP contribution in [0, 0.1) is 0 Å². The van der Waals surface area contributed by atoms with E-state index in [1.54, 1.807) is 5.56 Å². The third-order valence-electron chi connectivity index (χ3n) is 12.4. The predicted octanol–water partition coefficient (Wildman–Crippen LogP) is 16.2. The maximum Gasteiger partial charge on any atom is 0.0544 e. The molecular weight excluding hydrogens is 665 g/mol. The van der Waals surface area contributed by atoms with Crippen LogP contribution in [0.2, 0.25) is 0 Å². The minimum atomic E-state index is -0.0421. The number of anilines is 3. The summed E-state index contributed by atoms with van der Waals surface area (Å²) in [5, 5.41) is 2.59. The lowest BCUT2D eigenvalue weighted by molar-refractivity contribution is 0.398. The first-order valence-electron chi connectivity index (χ1n) is 21.4. The van der Waals surface area contributed by atoms with Gasteiger partial charge < -0.3 is 9.88 Å². The molecule has 7 aromatic rings. The fourth-order valence-electron chi connectivity index (χ4n) is 9.58. The molecule has 6 aromatic carbocycles. The Labute approximate surface area is 329 Å². The van der Waals surface area contributed by atoms with Gasteiger partial charge >= 0.3 is 0 Å². The topological polar surface area (TPSA) is 19.0 Å². The van der Waals surface area contributed by atoms with Crippen LogP contribution in [0.5, 0.6) is 0 Å². The molecule has 0 aliphatic heterocycles. The molecule has 8 rings (SSSR count). The van der Waals surface area contributed by atoms with Crippen molar-refractivity contribution in [3.8, 4) is 22.3 Å². The zero-order chi connectivity index (χ0) is 37.5. The van der Waals surface area contributed by atoms with Gasteiger partial charge in [-0.15, -0.1) is 0 Å². The second kappa shape index (κ2) is 17.2. The zero-order valence-electron chi connectivity index (χ0n) is 33.1. The lowest BCUT2D eigenvalue weighted by Crippen LogP contribution is -2.26. The van der Waals surface area contributed by atoms with Crippen molar-refractivity contribution >= 4 is 38.9 Å². The Morgan fingerprint density at radius 1 is 0.436 bits per heavy atom. The van der Waals surface area contributed by atoms with E-state index in [9.17, 15) is 0 Å². The maximum absolute atomic E-state index is 3.81. The molecule has 0 unspecified atom stereocenters. The highest BCUT2D eigenvalue weighted by molar-refractivity contribution is 6.12. The highest BCUT2D eigenvalue weighted by atomic mass is 15.1. The lowest BCUT2D eigenvalue weighted by atomic mass is 9.70. The van der Waals surface area contributed by atoms with Gasteiger partial charge in [-0.3, -0.25) is 0 Å². The van der Waals surface area contributed by atoms with E-state index in [0.29, 0.717) is 0 Å². The highest BCUT2D eigenvalue weighted by Crippen LogP contribution is 2.56. The van der Waals surface area contributed by atoms with E-state index in [1.807, 2.05) is 0 Å². The Hall–Kier alpha value is -5.08. The standard InChI is InChI=1S/C53H58N2/c1-3-5-7-9-11-21-36-53(37-22-12-10-8-6-4-2)49-38-40(44-29-23-30-48-47-28-19-20-31-51(47)54-52(44)48)32-34-45(49)46-35-33-43(39-50(46)53)55(41-24-15-13-16-25-41)42-26-17-14-18-27-42/h13-20,23-35,38-39,54H,3-12,21-22,36-37H2,1-2H3. The Kier molecular flexibility index (Phi) is 11.5. The molecular formula is C53H58N2. The third-order valence-corrected chi connectivity index (χ3v) is 12.4. The van der Waals surface area contributed by atoms with Gasteiger partial charge in [0, 0.05) is 44.3 Å². The van der Waals surface area contributed by atoms with Gasteiger partial charge in [0.15, 0.2) is 0 Å². The molecule has 280 valence electrons. The van der Waals surface area contributed by atoms with Gasteiger partial charge in [-0.1, -0.05) is 182 Å². The molecule has 0 saturated heterocycles. The van der Waals surface area contributed by atoms with Crippen LogP contribution in [0.1, 0.15) is 115 Å². The number of hydrogen-bond donors (Lipinski definition) is 1. The summed E-state index contributed by atoms with van der Waals surface area (Å²) < 4.78 is 0. The van der Waals surface area contributed by atoms with Gasteiger partial charge in [0.05, 0.1) is 5.52 Å². The number of H-pyrrole nitrogens is 1. The minimum absolute atomic E-state index is 0.0421.